The highest BCUT2D eigenvalue weighted by atomic mass is 16.4. The van der Waals surface area contributed by atoms with Gasteiger partial charge >= 0.3 is 5.97 Å². The molecule has 0 spiro atoms. The second-order valence-corrected chi connectivity index (χ2v) is 5.58. The lowest BCUT2D eigenvalue weighted by atomic mass is 10.0. The zero-order valence-electron chi connectivity index (χ0n) is 13.4. The molecule has 5 nitrogen and oxygen atoms in total. The van der Waals surface area contributed by atoms with Crippen LogP contribution in [-0.4, -0.2) is 16.1 Å². The molecule has 3 rings (SSSR count). The van der Waals surface area contributed by atoms with Crippen LogP contribution in [0.1, 0.15) is 46.6 Å². The minimum Gasteiger partial charge on any atom is -0.478 e. The smallest absolute Gasteiger partial charge is 0.337 e. The maximum Gasteiger partial charge on any atom is 0.337 e. The molecule has 0 saturated heterocycles. The lowest BCUT2D eigenvalue weighted by molar-refractivity contribution is 0.0696. The van der Waals surface area contributed by atoms with E-state index in [1.807, 2.05) is 25.1 Å². The number of carbonyl (C=O) groups is 1. The maximum atomic E-state index is 10.8. The fourth-order valence-electron chi connectivity index (χ4n) is 2.60. The first-order valence-electron chi connectivity index (χ1n) is 7.81. The molecule has 0 saturated carbocycles. The van der Waals surface area contributed by atoms with Gasteiger partial charge in [-0.05, 0) is 54.8 Å². The highest BCUT2D eigenvalue weighted by molar-refractivity contribution is 5.87. The minimum atomic E-state index is -0.969. The molecule has 0 fully saturated rings. The summed E-state index contributed by atoms with van der Waals surface area (Å²) >= 11 is 0. The second-order valence-electron chi connectivity index (χ2n) is 5.58. The van der Waals surface area contributed by atoms with E-state index in [0.29, 0.717) is 0 Å². The van der Waals surface area contributed by atoms with Gasteiger partial charge in [-0.25, -0.2) is 10.2 Å². The number of pyridine rings is 1. The zero-order chi connectivity index (χ0) is 16.9. The van der Waals surface area contributed by atoms with Crippen LogP contribution in [0.2, 0.25) is 0 Å². The number of hydrogen-bond acceptors (Lipinski definition) is 4. The van der Waals surface area contributed by atoms with Gasteiger partial charge in [-0.15, -0.1) is 0 Å². The molecule has 0 radical (unpaired) electrons. The van der Waals surface area contributed by atoms with Crippen molar-refractivity contribution in [2.75, 3.05) is 5.43 Å². The summed E-state index contributed by atoms with van der Waals surface area (Å²) in [5.74, 6) is -0.969. The second kappa shape index (κ2) is 7.10. The first kappa shape index (κ1) is 16.0. The van der Waals surface area contributed by atoms with Crippen molar-refractivity contribution in [3.8, 4) is 0 Å². The Morgan fingerprint density at radius 2 is 2.17 bits per heavy atom. The van der Waals surface area contributed by atoms with Crippen LogP contribution in [0.3, 0.4) is 0 Å². The quantitative estimate of drug-likeness (QED) is 0.729. The highest BCUT2D eigenvalue weighted by Crippen LogP contribution is 2.31. The van der Waals surface area contributed by atoms with Gasteiger partial charge in [-0.2, -0.15) is 0 Å². The number of nitrogens with zero attached hydrogens (tertiary/aromatic N) is 1. The van der Waals surface area contributed by atoms with Gasteiger partial charge in [-0.3, -0.25) is 4.98 Å². The van der Waals surface area contributed by atoms with E-state index in [2.05, 4.69) is 40.1 Å². The van der Waals surface area contributed by atoms with Crippen molar-refractivity contribution in [3.05, 3.63) is 71.1 Å². The summed E-state index contributed by atoms with van der Waals surface area (Å²) in [7, 11) is 0. The fraction of sp³-hybridized carbons (Fsp3) is 0.158. The van der Waals surface area contributed by atoms with Crippen LogP contribution in [-0.2, 0) is 0 Å². The maximum absolute atomic E-state index is 10.8. The lowest BCUT2D eigenvalue weighted by Gasteiger charge is -2.07. The summed E-state index contributed by atoms with van der Waals surface area (Å²) < 4.78 is 0. The van der Waals surface area contributed by atoms with Crippen molar-refractivity contribution < 1.29 is 9.90 Å². The van der Waals surface area contributed by atoms with Gasteiger partial charge in [0.15, 0.2) is 0 Å². The number of hydrazine groups is 1. The summed E-state index contributed by atoms with van der Waals surface area (Å²) in [5.41, 5.74) is 10.8. The van der Waals surface area contributed by atoms with Crippen LogP contribution in [0.4, 0.5) is 5.69 Å². The molecule has 1 aromatic carbocycles. The number of anilines is 1. The van der Waals surface area contributed by atoms with Crippen molar-refractivity contribution in [2.24, 2.45) is 0 Å². The number of allylic oxidation sites excluding steroid dienone is 1. The molecule has 1 aliphatic rings. The summed E-state index contributed by atoms with van der Waals surface area (Å²) in [6, 6.07) is 9.76. The third-order valence-corrected chi connectivity index (χ3v) is 3.92. The minimum absolute atomic E-state index is 0.189. The standard InChI is InChI=1S/C19H19N3O2/c1-2-3-4-17-16-11-13(6-10-18(16)22-21-17)5-8-15-9-7-14(12-20-15)19(23)24/h2-3,5-12,17,21-22H,4H2,1H3,(H,23,24)/b3-2-,8-5+. The molecule has 0 amide bonds. The monoisotopic (exact) mass is 321 g/mol. The fourth-order valence-corrected chi connectivity index (χ4v) is 2.60. The van der Waals surface area contributed by atoms with Crippen molar-refractivity contribution in [1.29, 1.82) is 0 Å². The summed E-state index contributed by atoms with van der Waals surface area (Å²) in [4.78, 5) is 15.0. The van der Waals surface area contributed by atoms with Crippen molar-refractivity contribution in [3.63, 3.8) is 0 Å². The molecule has 0 bridgehead atoms. The van der Waals surface area contributed by atoms with Crippen molar-refractivity contribution in [1.82, 2.24) is 10.4 Å². The number of benzene rings is 1. The molecule has 0 aliphatic carbocycles. The van der Waals surface area contributed by atoms with E-state index in [0.717, 1.165) is 23.4 Å². The Hall–Kier alpha value is -2.92. The number of rotatable bonds is 5. The van der Waals surface area contributed by atoms with Crippen molar-refractivity contribution in [2.45, 2.75) is 19.4 Å². The average molecular weight is 321 g/mol. The number of hydrogen-bond donors (Lipinski definition) is 3. The van der Waals surface area contributed by atoms with E-state index < -0.39 is 5.97 Å². The number of aromatic carboxylic acids is 1. The van der Waals surface area contributed by atoms with Gasteiger partial charge < -0.3 is 10.5 Å². The predicted molar refractivity (Wildman–Crippen MR) is 95.5 cm³/mol. The van der Waals surface area contributed by atoms with E-state index in [9.17, 15) is 4.79 Å². The summed E-state index contributed by atoms with van der Waals surface area (Å²) in [6.07, 6.45) is 10.4. The molecule has 122 valence electrons. The number of carboxylic acid groups (broad SMARTS) is 1. The molecule has 1 aliphatic heterocycles. The molecular weight excluding hydrogens is 302 g/mol. The number of carboxylic acids is 1. The van der Waals surface area contributed by atoms with E-state index >= 15 is 0 Å². The van der Waals surface area contributed by atoms with Crippen LogP contribution >= 0.6 is 0 Å². The molecule has 1 unspecified atom stereocenters. The van der Waals surface area contributed by atoms with E-state index in [1.165, 1.54) is 11.8 Å². The first-order valence-corrected chi connectivity index (χ1v) is 7.81. The van der Waals surface area contributed by atoms with Crippen molar-refractivity contribution >= 4 is 23.8 Å². The Balaban J connectivity index is 1.77. The van der Waals surface area contributed by atoms with E-state index in [-0.39, 0.29) is 11.6 Å². The first-order chi connectivity index (χ1) is 11.7. The van der Waals surface area contributed by atoms with E-state index in [1.54, 1.807) is 12.1 Å². The zero-order valence-corrected chi connectivity index (χ0v) is 13.4. The Morgan fingerprint density at radius 3 is 2.88 bits per heavy atom. The van der Waals surface area contributed by atoms with Gasteiger partial charge in [0.2, 0.25) is 0 Å². The Bertz CT molecular complexity index is 795. The van der Waals surface area contributed by atoms with E-state index in [4.69, 9.17) is 5.11 Å². The highest BCUT2D eigenvalue weighted by Gasteiger charge is 2.20. The number of aromatic nitrogens is 1. The van der Waals surface area contributed by atoms with Crippen LogP contribution in [0, 0.1) is 0 Å². The average Bonchev–Trinajstić information content (AvgIpc) is 3.00. The molecule has 1 aromatic heterocycles. The third-order valence-electron chi connectivity index (χ3n) is 3.92. The summed E-state index contributed by atoms with van der Waals surface area (Å²) in [5, 5.41) is 8.88. The van der Waals surface area contributed by atoms with Crippen LogP contribution < -0.4 is 10.9 Å². The SMILES string of the molecule is C/C=C\CC1NNc2ccc(/C=C/c3ccc(C(=O)O)cn3)cc21. The van der Waals surface area contributed by atoms with Crippen LogP contribution in [0.15, 0.2) is 48.7 Å². The lowest BCUT2D eigenvalue weighted by Crippen LogP contribution is -2.17. The molecule has 5 heteroatoms. The van der Waals surface area contributed by atoms with Gasteiger partial charge in [0.1, 0.15) is 0 Å². The molecular formula is C19H19N3O2. The normalized spacial score (nSPS) is 16.5. The Morgan fingerprint density at radius 1 is 1.29 bits per heavy atom. The summed E-state index contributed by atoms with van der Waals surface area (Å²) in [6.45, 7) is 2.02. The van der Waals surface area contributed by atoms with Gasteiger partial charge in [-0.1, -0.05) is 24.3 Å². The molecule has 2 aromatic rings. The molecule has 1 atom stereocenters. The number of fused-ring (bicyclic) bond motifs is 1. The van der Waals surface area contributed by atoms with Gasteiger partial charge in [0.25, 0.3) is 0 Å². The van der Waals surface area contributed by atoms with Gasteiger partial charge in [0, 0.05) is 6.20 Å². The molecule has 24 heavy (non-hydrogen) atoms. The third kappa shape index (κ3) is 3.52. The topological polar surface area (TPSA) is 74.2 Å². The Kier molecular flexibility index (Phi) is 4.72. The molecule has 2 heterocycles. The van der Waals surface area contributed by atoms with Gasteiger partial charge in [0.05, 0.1) is 23.0 Å². The molecule has 3 N–H and O–H groups in total. The Labute approximate surface area is 140 Å². The number of nitrogens with one attached hydrogen (secondary N) is 2. The van der Waals surface area contributed by atoms with Crippen LogP contribution in [0.25, 0.3) is 12.2 Å². The van der Waals surface area contributed by atoms with Crippen LogP contribution in [0.5, 0.6) is 0 Å². The largest absolute Gasteiger partial charge is 0.478 e. The predicted octanol–water partition coefficient (Wildman–Crippen LogP) is 3.89.